The molecular formula is C26H31N3O3. The Morgan fingerprint density at radius 1 is 1.19 bits per heavy atom. The second kappa shape index (κ2) is 8.26. The lowest BCUT2D eigenvalue weighted by Crippen LogP contribution is -2.55. The standard InChI is InChI=1S/C26H31N3O3/c1-28-12-10-26(11-13-28)17-29(23(31)14-18-6-4-3-5-7-18)22(16-30)25-24(26)20-9-8-19(32-2)15-21(20)27-25/h3-9,15,22,27,30H,10-14,16-17H2,1-2H3/t22-/m0/s1. The number of aliphatic hydroxyl groups is 1. The summed E-state index contributed by atoms with van der Waals surface area (Å²) in [6.07, 6.45) is 2.32. The number of fused-ring (bicyclic) bond motifs is 4. The lowest BCUT2D eigenvalue weighted by molar-refractivity contribution is -0.136. The molecule has 0 aliphatic carbocycles. The Morgan fingerprint density at radius 2 is 1.94 bits per heavy atom. The van der Waals surface area contributed by atoms with Gasteiger partial charge in [0.25, 0.3) is 0 Å². The van der Waals surface area contributed by atoms with Crippen LogP contribution < -0.4 is 4.74 Å². The van der Waals surface area contributed by atoms with E-state index in [0.717, 1.165) is 48.5 Å². The van der Waals surface area contributed by atoms with E-state index < -0.39 is 0 Å². The average Bonchev–Trinajstić information content (AvgIpc) is 3.21. The molecule has 3 aromatic rings. The molecule has 2 aliphatic heterocycles. The number of likely N-dealkylation sites (tertiary alicyclic amines) is 1. The van der Waals surface area contributed by atoms with Crippen LogP contribution in [-0.2, 0) is 16.6 Å². The van der Waals surface area contributed by atoms with E-state index >= 15 is 0 Å². The van der Waals surface area contributed by atoms with Gasteiger partial charge >= 0.3 is 0 Å². The predicted octanol–water partition coefficient (Wildman–Crippen LogP) is 3.26. The predicted molar refractivity (Wildman–Crippen MR) is 125 cm³/mol. The highest BCUT2D eigenvalue weighted by Gasteiger charge is 2.48. The number of nitrogens with one attached hydrogen (secondary N) is 1. The van der Waals surface area contributed by atoms with Crippen molar-refractivity contribution in [1.29, 1.82) is 0 Å². The number of aromatic amines is 1. The first-order valence-electron chi connectivity index (χ1n) is 11.4. The van der Waals surface area contributed by atoms with Crippen LogP contribution in [0.15, 0.2) is 48.5 Å². The fourth-order valence-corrected chi connectivity index (χ4v) is 5.60. The number of aromatic nitrogens is 1. The molecule has 1 fully saturated rings. The highest BCUT2D eigenvalue weighted by atomic mass is 16.5. The van der Waals surface area contributed by atoms with Gasteiger partial charge in [0.1, 0.15) is 5.75 Å². The van der Waals surface area contributed by atoms with Crippen LogP contribution in [-0.4, -0.2) is 66.2 Å². The number of carbonyl (C=O) groups is 1. The normalized spacial score (nSPS) is 20.5. The molecule has 1 spiro atoms. The molecule has 2 N–H and O–H groups in total. The van der Waals surface area contributed by atoms with Gasteiger partial charge in [-0.3, -0.25) is 4.79 Å². The fourth-order valence-electron chi connectivity index (χ4n) is 5.60. The van der Waals surface area contributed by atoms with Crippen molar-refractivity contribution in [2.75, 3.05) is 40.4 Å². The number of rotatable bonds is 4. The van der Waals surface area contributed by atoms with E-state index in [4.69, 9.17) is 4.74 Å². The number of benzene rings is 2. The Balaban J connectivity index is 1.61. The minimum atomic E-state index is -0.370. The third kappa shape index (κ3) is 3.48. The van der Waals surface area contributed by atoms with Crippen molar-refractivity contribution in [3.05, 3.63) is 65.4 Å². The van der Waals surface area contributed by atoms with Gasteiger partial charge in [-0.2, -0.15) is 0 Å². The zero-order valence-electron chi connectivity index (χ0n) is 18.8. The Morgan fingerprint density at radius 3 is 2.62 bits per heavy atom. The van der Waals surface area contributed by atoms with E-state index in [9.17, 15) is 9.90 Å². The number of H-pyrrole nitrogens is 1. The highest BCUT2D eigenvalue weighted by Crippen LogP contribution is 2.49. The molecule has 32 heavy (non-hydrogen) atoms. The van der Waals surface area contributed by atoms with Crippen LogP contribution >= 0.6 is 0 Å². The molecule has 5 rings (SSSR count). The maximum absolute atomic E-state index is 13.5. The minimum absolute atomic E-state index is 0.0652. The van der Waals surface area contributed by atoms with Gasteiger partial charge in [0, 0.05) is 34.6 Å². The zero-order chi connectivity index (χ0) is 22.3. The van der Waals surface area contributed by atoms with Gasteiger partial charge in [-0.05, 0) is 56.2 Å². The van der Waals surface area contributed by atoms with Gasteiger partial charge in [0.15, 0.2) is 0 Å². The maximum atomic E-state index is 13.5. The number of nitrogens with zero attached hydrogens (tertiary/aromatic N) is 2. The number of piperidine rings is 1. The molecule has 2 aromatic carbocycles. The highest BCUT2D eigenvalue weighted by molar-refractivity contribution is 5.89. The van der Waals surface area contributed by atoms with Crippen LogP contribution in [0, 0.1) is 0 Å². The number of carbonyl (C=O) groups excluding carboxylic acids is 1. The van der Waals surface area contributed by atoms with Crippen LogP contribution in [0.4, 0.5) is 0 Å². The lowest BCUT2D eigenvalue weighted by atomic mass is 9.68. The van der Waals surface area contributed by atoms with Crippen molar-refractivity contribution >= 4 is 16.8 Å². The topological polar surface area (TPSA) is 68.8 Å². The second-order valence-corrected chi connectivity index (χ2v) is 9.29. The van der Waals surface area contributed by atoms with Crippen LogP contribution in [0.5, 0.6) is 5.75 Å². The van der Waals surface area contributed by atoms with Crippen molar-refractivity contribution in [3.63, 3.8) is 0 Å². The van der Waals surface area contributed by atoms with E-state index in [2.05, 4.69) is 23.0 Å². The number of hydrogen-bond acceptors (Lipinski definition) is 4. The summed E-state index contributed by atoms with van der Waals surface area (Å²) in [4.78, 5) is 21.4. The van der Waals surface area contributed by atoms with Crippen molar-refractivity contribution in [2.24, 2.45) is 0 Å². The zero-order valence-corrected chi connectivity index (χ0v) is 18.8. The Bertz CT molecular complexity index is 1120. The molecule has 3 heterocycles. The first-order chi connectivity index (χ1) is 15.5. The first kappa shape index (κ1) is 21.0. The molecule has 6 nitrogen and oxygen atoms in total. The number of methoxy groups -OCH3 is 1. The van der Waals surface area contributed by atoms with Gasteiger partial charge in [0.2, 0.25) is 5.91 Å². The molecule has 168 valence electrons. The summed E-state index contributed by atoms with van der Waals surface area (Å²) in [5.74, 6) is 0.863. The summed E-state index contributed by atoms with van der Waals surface area (Å²) in [6, 6.07) is 15.6. The van der Waals surface area contributed by atoms with Crippen molar-refractivity contribution in [3.8, 4) is 5.75 Å². The molecule has 1 saturated heterocycles. The Hall–Kier alpha value is -2.83. The van der Waals surface area contributed by atoms with Crippen LogP contribution in [0.3, 0.4) is 0 Å². The summed E-state index contributed by atoms with van der Waals surface area (Å²) in [5.41, 5.74) is 4.15. The van der Waals surface area contributed by atoms with Crippen LogP contribution in [0.1, 0.15) is 35.7 Å². The SMILES string of the molecule is COc1ccc2c3c([nH]c2c1)[C@H](CO)N(C(=O)Cc1ccccc1)CC31CCN(C)CC1. The van der Waals surface area contributed by atoms with Gasteiger partial charge in [-0.1, -0.05) is 30.3 Å². The number of amides is 1. The number of aliphatic hydroxyl groups excluding tert-OH is 1. The molecule has 2 aliphatic rings. The van der Waals surface area contributed by atoms with Gasteiger partial charge in [-0.25, -0.2) is 0 Å². The molecule has 6 heteroatoms. The summed E-state index contributed by atoms with van der Waals surface area (Å²) in [6.45, 7) is 2.52. The smallest absolute Gasteiger partial charge is 0.227 e. The van der Waals surface area contributed by atoms with E-state index in [1.165, 1.54) is 10.9 Å². The summed E-state index contributed by atoms with van der Waals surface area (Å²) in [7, 11) is 3.83. The van der Waals surface area contributed by atoms with Gasteiger partial charge < -0.3 is 24.6 Å². The monoisotopic (exact) mass is 433 g/mol. The average molecular weight is 434 g/mol. The third-order valence-corrected chi connectivity index (χ3v) is 7.38. The Kier molecular flexibility index (Phi) is 5.43. The number of ether oxygens (including phenoxy) is 1. The van der Waals surface area contributed by atoms with Gasteiger partial charge in [-0.15, -0.1) is 0 Å². The molecule has 0 bridgehead atoms. The second-order valence-electron chi connectivity index (χ2n) is 9.29. The van der Waals surface area contributed by atoms with Crippen molar-refractivity contribution in [1.82, 2.24) is 14.8 Å². The summed E-state index contributed by atoms with van der Waals surface area (Å²) < 4.78 is 5.44. The largest absolute Gasteiger partial charge is 0.497 e. The van der Waals surface area contributed by atoms with Crippen LogP contribution in [0.25, 0.3) is 10.9 Å². The van der Waals surface area contributed by atoms with E-state index in [1.807, 2.05) is 47.4 Å². The minimum Gasteiger partial charge on any atom is -0.497 e. The number of hydrogen-bond donors (Lipinski definition) is 2. The summed E-state index contributed by atoms with van der Waals surface area (Å²) >= 11 is 0. The van der Waals surface area contributed by atoms with E-state index in [1.54, 1.807) is 7.11 Å². The fraction of sp³-hybridized carbons (Fsp3) is 0.423. The Labute approximate surface area is 188 Å². The first-order valence-corrected chi connectivity index (χ1v) is 11.4. The van der Waals surface area contributed by atoms with E-state index in [0.29, 0.717) is 13.0 Å². The van der Waals surface area contributed by atoms with Crippen molar-refractivity contribution < 1.29 is 14.6 Å². The van der Waals surface area contributed by atoms with Gasteiger partial charge in [0.05, 0.1) is 26.2 Å². The molecule has 1 aromatic heterocycles. The molecule has 0 saturated carbocycles. The lowest BCUT2D eigenvalue weighted by Gasteiger charge is -2.50. The van der Waals surface area contributed by atoms with Crippen molar-refractivity contribution in [2.45, 2.75) is 30.7 Å². The third-order valence-electron chi connectivity index (χ3n) is 7.38. The summed E-state index contributed by atoms with van der Waals surface area (Å²) in [5, 5.41) is 11.6. The molecule has 0 unspecified atom stereocenters. The molecule has 0 radical (unpaired) electrons. The van der Waals surface area contributed by atoms with E-state index in [-0.39, 0.29) is 24.0 Å². The molecule has 1 amide bonds. The molecular weight excluding hydrogens is 402 g/mol. The quantitative estimate of drug-likeness (QED) is 0.663. The molecule has 1 atom stereocenters. The maximum Gasteiger partial charge on any atom is 0.227 e. The van der Waals surface area contributed by atoms with Crippen LogP contribution in [0.2, 0.25) is 0 Å².